The number of halogens is 1. The maximum atomic E-state index is 12.8. The fraction of sp³-hybridized carbons (Fsp3) is 0.316. The van der Waals surface area contributed by atoms with Gasteiger partial charge in [-0.3, -0.25) is 4.79 Å². The van der Waals surface area contributed by atoms with Crippen LogP contribution in [0.3, 0.4) is 0 Å². The fourth-order valence-electron chi connectivity index (χ4n) is 2.59. The van der Waals surface area contributed by atoms with E-state index >= 15 is 0 Å². The molecule has 0 spiro atoms. The zero-order chi connectivity index (χ0) is 18.4. The summed E-state index contributed by atoms with van der Waals surface area (Å²) in [5.41, 5.74) is 1.57. The summed E-state index contributed by atoms with van der Waals surface area (Å²) < 4.78 is 11.3. The van der Waals surface area contributed by atoms with Crippen LogP contribution in [-0.2, 0) is 0 Å². The van der Waals surface area contributed by atoms with Crippen molar-refractivity contribution in [3.8, 4) is 11.5 Å². The molecular formula is C19H24BrN2O3+. The molecule has 0 fully saturated rings. The Hall–Kier alpha value is -2.05. The van der Waals surface area contributed by atoms with Gasteiger partial charge < -0.3 is 19.7 Å². The smallest absolute Gasteiger partial charge is 0.252 e. The molecule has 0 heterocycles. The van der Waals surface area contributed by atoms with E-state index < -0.39 is 0 Å². The Labute approximate surface area is 157 Å². The van der Waals surface area contributed by atoms with E-state index in [1.165, 1.54) is 4.90 Å². The molecule has 0 radical (unpaired) electrons. The monoisotopic (exact) mass is 407 g/mol. The summed E-state index contributed by atoms with van der Waals surface area (Å²) in [7, 11) is 7.24. The number of amides is 1. The number of nitrogens with one attached hydrogen (secondary N) is 2. The van der Waals surface area contributed by atoms with Gasteiger partial charge >= 0.3 is 0 Å². The molecular weight excluding hydrogens is 384 g/mol. The number of quaternary nitrogens is 1. The number of carbonyl (C=O) groups is 1. The van der Waals surface area contributed by atoms with Crippen LogP contribution in [0.15, 0.2) is 46.9 Å². The highest BCUT2D eigenvalue weighted by molar-refractivity contribution is 9.10. The maximum Gasteiger partial charge on any atom is 0.252 e. The summed E-state index contributed by atoms with van der Waals surface area (Å²) in [6, 6.07) is 13.3. The van der Waals surface area contributed by atoms with E-state index in [1.807, 2.05) is 30.3 Å². The first-order valence-electron chi connectivity index (χ1n) is 8.02. The summed E-state index contributed by atoms with van der Waals surface area (Å²) in [4.78, 5) is 14.1. The third-order valence-corrected chi connectivity index (χ3v) is 4.61. The molecule has 0 aliphatic carbocycles. The number of ether oxygens (including phenoxy) is 2. The van der Waals surface area contributed by atoms with Gasteiger partial charge in [-0.25, -0.2) is 0 Å². The average Bonchev–Trinajstić information content (AvgIpc) is 2.61. The molecule has 0 bridgehead atoms. The molecule has 0 aromatic heterocycles. The minimum absolute atomic E-state index is 0.0839. The Bertz CT molecular complexity index is 695. The van der Waals surface area contributed by atoms with Crippen molar-refractivity contribution in [3.05, 3.63) is 58.1 Å². The highest BCUT2D eigenvalue weighted by Gasteiger charge is 2.20. The Kier molecular flexibility index (Phi) is 6.84. The summed E-state index contributed by atoms with van der Waals surface area (Å²) >= 11 is 3.42. The van der Waals surface area contributed by atoms with Crippen molar-refractivity contribution in [2.75, 3.05) is 34.9 Å². The summed E-state index contributed by atoms with van der Waals surface area (Å²) in [6.07, 6.45) is 0. The normalized spacial score (nSPS) is 11.9. The standard InChI is InChI=1S/C19H23BrN2O3/c1-22(2)12-15(13-8-6-5-7-9-13)21-19(23)14-10-16(24-3)18(20)17(11-14)25-4/h5-11,15H,12H2,1-4H3,(H,21,23)/p+1/t15-/m0/s1. The van der Waals surface area contributed by atoms with E-state index in [9.17, 15) is 4.79 Å². The Morgan fingerprint density at radius 3 is 2.16 bits per heavy atom. The van der Waals surface area contributed by atoms with Crippen molar-refractivity contribution < 1.29 is 19.2 Å². The number of hydrogen-bond acceptors (Lipinski definition) is 3. The predicted molar refractivity (Wildman–Crippen MR) is 102 cm³/mol. The molecule has 0 saturated carbocycles. The van der Waals surface area contributed by atoms with Crippen molar-refractivity contribution in [2.24, 2.45) is 0 Å². The minimum Gasteiger partial charge on any atom is -0.495 e. The molecule has 2 aromatic carbocycles. The lowest BCUT2D eigenvalue weighted by Crippen LogP contribution is -3.06. The number of likely N-dealkylation sites (N-methyl/N-ethyl adjacent to an activating group) is 1. The number of hydrogen-bond donors (Lipinski definition) is 2. The Balaban J connectivity index is 2.29. The lowest BCUT2D eigenvalue weighted by molar-refractivity contribution is -0.860. The third-order valence-electron chi connectivity index (χ3n) is 3.83. The average molecular weight is 408 g/mol. The van der Waals surface area contributed by atoms with Crippen LogP contribution < -0.4 is 19.7 Å². The van der Waals surface area contributed by atoms with Gasteiger partial charge in [-0.1, -0.05) is 30.3 Å². The second kappa shape index (κ2) is 8.87. The molecule has 6 heteroatoms. The van der Waals surface area contributed by atoms with Crippen LogP contribution >= 0.6 is 15.9 Å². The van der Waals surface area contributed by atoms with Crippen LogP contribution in [-0.4, -0.2) is 40.8 Å². The molecule has 2 N–H and O–H groups in total. The fourth-order valence-corrected chi connectivity index (χ4v) is 3.14. The van der Waals surface area contributed by atoms with Gasteiger partial charge in [0, 0.05) is 5.56 Å². The molecule has 0 saturated heterocycles. The zero-order valence-electron chi connectivity index (χ0n) is 14.9. The molecule has 0 aliphatic heterocycles. The molecule has 134 valence electrons. The van der Waals surface area contributed by atoms with Gasteiger partial charge in [-0.15, -0.1) is 0 Å². The van der Waals surface area contributed by atoms with Gasteiger partial charge in [-0.2, -0.15) is 0 Å². The predicted octanol–water partition coefficient (Wildman–Crippen LogP) is 2.08. The molecule has 0 unspecified atom stereocenters. The summed E-state index contributed by atoms with van der Waals surface area (Å²) in [6.45, 7) is 0.778. The molecule has 5 nitrogen and oxygen atoms in total. The van der Waals surface area contributed by atoms with Gasteiger partial charge in [0.15, 0.2) is 0 Å². The van der Waals surface area contributed by atoms with Crippen LogP contribution in [0.2, 0.25) is 0 Å². The molecule has 1 atom stereocenters. The van der Waals surface area contributed by atoms with E-state index in [0.717, 1.165) is 12.1 Å². The molecule has 25 heavy (non-hydrogen) atoms. The van der Waals surface area contributed by atoms with Gasteiger partial charge in [-0.05, 0) is 33.6 Å². The highest BCUT2D eigenvalue weighted by Crippen LogP contribution is 2.35. The lowest BCUT2D eigenvalue weighted by Gasteiger charge is -2.21. The van der Waals surface area contributed by atoms with Crippen molar-refractivity contribution >= 4 is 21.8 Å². The topological polar surface area (TPSA) is 52.0 Å². The Morgan fingerprint density at radius 2 is 1.68 bits per heavy atom. The lowest BCUT2D eigenvalue weighted by atomic mass is 10.1. The second-order valence-electron chi connectivity index (χ2n) is 6.04. The SMILES string of the molecule is COc1cc(C(=O)N[C@@H](C[NH+](C)C)c2ccccc2)cc(OC)c1Br. The first-order chi connectivity index (χ1) is 12.0. The van der Waals surface area contributed by atoms with Crippen molar-refractivity contribution in [1.82, 2.24) is 5.32 Å². The van der Waals surface area contributed by atoms with Crippen LogP contribution in [0.25, 0.3) is 0 Å². The quantitative estimate of drug-likeness (QED) is 0.738. The van der Waals surface area contributed by atoms with E-state index in [4.69, 9.17) is 9.47 Å². The second-order valence-corrected chi connectivity index (χ2v) is 6.84. The number of methoxy groups -OCH3 is 2. The number of benzene rings is 2. The van der Waals surface area contributed by atoms with Gasteiger partial charge in [0.05, 0.1) is 28.3 Å². The van der Waals surface area contributed by atoms with Crippen LogP contribution in [0.1, 0.15) is 22.0 Å². The third kappa shape index (κ3) is 4.96. The molecule has 2 aromatic rings. The van der Waals surface area contributed by atoms with Crippen molar-refractivity contribution in [2.45, 2.75) is 6.04 Å². The first-order valence-corrected chi connectivity index (χ1v) is 8.82. The minimum atomic E-state index is -0.167. The number of carbonyl (C=O) groups excluding carboxylic acids is 1. The van der Waals surface area contributed by atoms with Gasteiger partial charge in [0.25, 0.3) is 5.91 Å². The first kappa shape index (κ1) is 19.3. The summed E-state index contributed by atoms with van der Waals surface area (Å²) in [5.74, 6) is 0.942. The largest absolute Gasteiger partial charge is 0.495 e. The van der Waals surface area contributed by atoms with E-state index in [2.05, 4.69) is 35.3 Å². The van der Waals surface area contributed by atoms with E-state index in [-0.39, 0.29) is 11.9 Å². The molecule has 1 amide bonds. The summed E-state index contributed by atoms with van der Waals surface area (Å²) in [5, 5.41) is 3.12. The van der Waals surface area contributed by atoms with Gasteiger partial charge in [0.1, 0.15) is 28.6 Å². The van der Waals surface area contributed by atoms with Gasteiger partial charge in [0.2, 0.25) is 0 Å². The Morgan fingerprint density at radius 1 is 1.12 bits per heavy atom. The highest BCUT2D eigenvalue weighted by atomic mass is 79.9. The van der Waals surface area contributed by atoms with Crippen molar-refractivity contribution in [1.29, 1.82) is 0 Å². The van der Waals surface area contributed by atoms with Crippen LogP contribution in [0, 0.1) is 0 Å². The maximum absolute atomic E-state index is 12.8. The van der Waals surface area contributed by atoms with E-state index in [0.29, 0.717) is 21.5 Å². The number of rotatable bonds is 7. The van der Waals surface area contributed by atoms with Crippen molar-refractivity contribution in [3.63, 3.8) is 0 Å². The van der Waals surface area contributed by atoms with E-state index in [1.54, 1.807) is 26.4 Å². The van der Waals surface area contributed by atoms with Crippen LogP contribution in [0.4, 0.5) is 0 Å². The molecule has 0 aliphatic rings. The zero-order valence-corrected chi connectivity index (χ0v) is 16.5. The molecule has 2 rings (SSSR count). The van der Waals surface area contributed by atoms with Crippen LogP contribution in [0.5, 0.6) is 11.5 Å².